The maximum atomic E-state index is 13.0. The van der Waals surface area contributed by atoms with Gasteiger partial charge in [-0.3, -0.25) is 14.5 Å². The molecule has 0 N–H and O–H groups in total. The molecule has 0 radical (unpaired) electrons. The fourth-order valence-electron chi connectivity index (χ4n) is 3.84. The highest BCUT2D eigenvalue weighted by molar-refractivity contribution is 8.18. The summed E-state index contributed by atoms with van der Waals surface area (Å²) in [6.45, 7) is 3.93. The van der Waals surface area contributed by atoms with Gasteiger partial charge < -0.3 is 18.6 Å². The predicted molar refractivity (Wildman–Crippen MR) is 131 cm³/mol. The van der Waals surface area contributed by atoms with Crippen molar-refractivity contribution < 1.29 is 23.5 Å². The first kappa shape index (κ1) is 23.4. The maximum Gasteiger partial charge on any atom is 0.373 e. The minimum absolute atomic E-state index is 0.0195. The third kappa shape index (κ3) is 4.38. The van der Waals surface area contributed by atoms with Crippen LogP contribution < -0.4 is 4.90 Å². The molecule has 3 aromatic rings. The Balaban J connectivity index is 1.57. The molecule has 1 saturated heterocycles. The molecule has 9 heteroatoms. The van der Waals surface area contributed by atoms with Crippen LogP contribution in [0.15, 0.2) is 51.8 Å². The van der Waals surface area contributed by atoms with Crippen LogP contribution in [0.25, 0.3) is 11.8 Å². The zero-order chi connectivity index (χ0) is 24.6. The van der Waals surface area contributed by atoms with E-state index in [1.807, 2.05) is 38.9 Å². The van der Waals surface area contributed by atoms with Gasteiger partial charge in [-0.05, 0) is 79.7 Å². The molecule has 34 heavy (non-hydrogen) atoms. The number of ether oxygens (including phenoxy) is 1. The summed E-state index contributed by atoms with van der Waals surface area (Å²) in [5, 5.41) is -0.389. The van der Waals surface area contributed by atoms with Crippen molar-refractivity contribution in [1.82, 2.24) is 9.47 Å². The molecule has 3 heterocycles. The second-order valence-electron chi connectivity index (χ2n) is 8.10. The molecule has 0 bridgehead atoms. The van der Waals surface area contributed by atoms with Crippen molar-refractivity contribution in [2.24, 2.45) is 0 Å². The van der Waals surface area contributed by atoms with E-state index in [1.165, 1.54) is 13.2 Å². The van der Waals surface area contributed by atoms with Crippen LogP contribution in [-0.2, 0) is 16.1 Å². The van der Waals surface area contributed by atoms with Crippen LogP contribution in [0.3, 0.4) is 0 Å². The molecule has 2 aromatic heterocycles. The Morgan fingerprint density at radius 3 is 2.47 bits per heavy atom. The highest BCUT2D eigenvalue weighted by atomic mass is 32.2. The number of nitrogens with zero attached hydrogens (tertiary/aromatic N) is 3. The molecule has 1 fully saturated rings. The first-order chi connectivity index (χ1) is 16.2. The summed E-state index contributed by atoms with van der Waals surface area (Å²) in [4.78, 5) is 40.6. The Hall–Kier alpha value is -3.72. The van der Waals surface area contributed by atoms with Gasteiger partial charge in [-0.2, -0.15) is 0 Å². The number of furan rings is 1. The van der Waals surface area contributed by atoms with Gasteiger partial charge in [0, 0.05) is 36.9 Å². The number of esters is 1. The molecule has 0 saturated carbocycles. The van der Waals surface area contributed by atoms with Crippen LogP contribution in [0.4, 0.5) is 10.5 Å². The van der Waals surface area contributed by atoms with Crippen LogP contribution in [0.2, 0.25) is 0 Å². The van der Waals surface area contributed by atoms with E-state index in [-0.39, 0.29) is 17.5 Å². The molecule has 1 aliphatic rings. The van der Waals surface area contributed by atoms with Gasteiger partial charge in [0.15, 0.2) is 0 Å². The number of aromatic nitrogens is 1. The van der Waals surface area contributed by atoms with E-state index >= 15 is 0 Å². The molecule has 176 valence electrons. The van der Waals surface area contributed by atoms with E-state index in [2.05, 4.69) is 33.6 Å². The summed E-state index contributed by atoms with van der Waals surface area (Å²) in [5.41, 5.74) is 4.98. The summed E-state index contributed by atoms with van der Waals surface area (Å²) >= 11 is 0.889. The minimum Gasteiger partial charge on any atom is -0.463 e. The Kier molecular flexibility index (Phi) is 6.39. The van der Waals surface area contributed by atoms with Crippen molar-refractivity contribution in [1.29, 1.82) is 0 Å². The predicted octanol–water partition coefficient (Wildman–Crippen LogP) is 4.78. The zero-order valence-corrected chi connectivity index (χ0v) is 20.4. The van der Waals surface area contributed by atoms with Crippen molar-refractivity contribution in [3.8, 4) is 5.69 Å². The summed E-state index contributed by atoms with van der Waals surface area (Å²) in [5.74, 6) is -0.674. The smallest absolute Gasteiger partial charge is 0.373 e. The van der Waals surface area contributed by atoms with Crippen molar-refractivity contribution in [3.05, 3.63) is 75.8 Å². The molecule has 2 amide bonds. The number of aryl methyl sites for hydroxylation is 1. The first-order valence-electron chi connectivity index (χ1n) is 10.6. The lowest BCUT2D eigenvalue weighted by Crippen LogP contribution is -2.27. The van der Waals surface area contributed by atoms with E-state index < -0.39 is 11.9 Å². The Labute approximate surface area is 201 Å². The first-order valence-corrected chi connectivity index (χ1v) is 11.4. The van der Waals surface area contributed by atoms with Crippen LogP contribution >= 0.6 is 11.8 Å². The van der Waals surface area contributed by atoms with E-state index in [9.17, 15) is 14.4 Å². The topological polar surface area (TPSA) is 85.0 Å². The second-order valence-corrected chi connectivity index (χ2v) is 9.09. The summed E-state index contributed by atoms with van der Waals surface area (Å²) in [6.07, 6.45) is 1.75. The normalized spacial score (nSPS) is 14.9. The molecule has 1 aliphatic heterocycles. The molecule has 0 unspecified atom stereocenters. The number of thioether (sulfide) groups is 1. The van der Waals surface area contributed by atoms with Crippen molar-refractivity contribution >= 4 is 40.6 Å². The molecular formula is C25H25N3O5S. The van der Waals surface area contributed by atoms with Gasteiger partial charge in [-0.25, -0.2) is 4.79 Å². The standard InChI is InChI=1S/C25H25N3O5S/c1-15-12-17(16(2)28(15)19-8-6-18(7-9-19)26(3)4)13-22-23(29)27(25(31)34-22)14-20-10-11-21(33-20)24(30)32-5/h6-13H,14H2,1-5H3. The average Bonchev–Trinajstić information content (AvgIpc) is 3.47. The van der Waals surface area contributed by atoms with E-state index in [0.29, 0.717) is 10.7 Å². The van der Waals surface area contributed by atoms with E-state index in [0.717, 1.165) is 45.0 Å². The number of anilines is 1. The number of amides is 2. The number of carbonyl (C=O) groups is 3. The highest BCUT2D eigenvalue weighted by Crippen LogP contribution is 2.35. The largest absolute Gasteiger partial charge is 0.463 e. The van der Waals surface area contributed by atoms with Crippen molar-refractivity contribution in [2.75, 3.05) is 26.1 Å². The quantitative estimate of drug-likeness (QED) is 0.372. The number of benzene rings is 1. The van der Waals surface area contributed by atoms with Gasteiger partial charge in [0.1, 0.15) is 5.76 Å². The van der Waals surface area contributed by atoms with Crippen LogP contribution in [0.5, 0.6) is 0 Å². The fourth-order valence-corrected chi connectivity index (χ4v) is 4.67. The summed E-state index contributed by atoms with van der Waals surface area (Å²) in [6, 6.07) is 13.2. The maximum absolute atomic E-state index is 13.0. The van der Waals surface area contributed by atoms with Gasteiger partial charge in [-0.15, -0.1) is 0 Å². The molecule has 0 spiro atoms. The van der Waals surface area contributed by atoms with Gasteiger partial charge >= 0.3 is 5.97 Å². The molecule has 0 aliphatic carbocycles. The monoisotopic (exact) mass is 479 g/mol. The number of carbonyl (C=O) groups excluding carboxylic acids is 3. The number of hydrogen-bond acceptors (Lipinski definition) is 7. The number of methoxy groups -OCH3 is 1. The van der Waals surface area contributed by atoms with Gasteiger partial charge in [-0.1, -0.05) is 0 Å². The lowest BCUT2D eigenvalue weighted by molar-refractivity contribution is -0.123. The number of rotatable bonds is 6. The Bertz CT molecular complexity index is 1300. The Morgan fingerprint density at radius 1 is 1.12 bits per heavy atom. The van der Waals surface area contributed by atoms with Gasteiger partial charge in [0.2, 0.25) is 5.76 Å². The average molecular weight is 480 g/mol. The van der Waals surface area contributed by atoms with Crippen molar-refractivity contribution in [3.63, 3.8) is 0 Å². The zero-order valence-electron chi connectivity index (χ0n) is 19.6. The number of hydrogen-bond donors (Lipinski definition) is 0. The van der Waals surface area contributed by atoms with E-state index in [4.69, 9.17) is 4.42 Å². The number of imide groups is 1. The third-order valence-electron chi connectivity index (χ3n) is 5.62. The molecule has 0 atom stereocenters. The van der Waals surface area contributed by atoms with Crippen LogP contribution in [0, 0.1) is 13.8 Å². The third-order valence-corrected chi connectivity index (χ3v) is 6.52. The lowest BCUT2D eigenvalue weighted by Gasteiger charge is -2.14. The van der Waals surface area contributed by atoms with Gasteiger partial charge in [0.05, 0.1) is 18.6 Å². The molecule has 8 nitrogen and oxygen atoms in total. The summed E-state index contributed by atoms with van der Waals surface area (Å²) in [7, 11) is 5.24. The molecule has 1 aromatic carbocycles. The molecule has 4 rings (SSSR count). The minimum atomic E-state index is -0.619. The van der Waals surface area contributed by atoms with Crippen molar-refractivity contribution in [2.45, 2.75) is 20.4 Å². The van der Waals surface area contributed by atoms with Crippen LogP contribution in [-0.4, -0.2) is 47.8 Å². The SMILES string of the molecule is COC(=O)c1ccc(CN2C(=O)SC(=Cc3cc(C)n(-c4ccc(N(C)C)cc4)c3C)C2=O)o1. The van der Waals surface area contributed by atoms with E-state index in [1.54, 1.807) is 12.1 Å². The van der Waals surface area contributed by atoms with Crippen LogP contribution in [0.1, 0.15) is 33.3 Å². The summed E-state index contributed by atoms with van der Waals surface area (Å²) < 4.78 is 12.1. The lowest BCUT2D eigenvalue weighted by atomic mass is 10.2. The van der Waals surface area contributed by atoms with Gasteiger partial charge in [0.25, 0.3) is 11.1 Å². The second kappa shape index (κ2) is 9.26. The molecular weight excluding hydrogens is 454 g/mol. The highest BCUT2D eigenvalue weighted by Gasteiger charge is 2.36. The fraction of sp³-hybridized carbons (Fsp3) is 0.240. The Morgan fingerprint density at radius 2 is 1.82 bits per heavy atom.